The first kappa shape index (κ1) is 20.2. The van der Waals surface area contributed by atoms with Gasteiger partial charge in [-0.3, -0.25) is 9.59 Å². The minimum Gasteiger partial charge on any atom is -0.456 e. The third-order valence-corrected chi connectivity index (χ3v) is 6.64. The number of nitrogens with one attached hydrogen (secondary N) is 1. The first-order valence-electron chi connectivity index (χ1n) is 10.2. The van der Waals surface area contributed by atoms with E-state index in [1.807, 2.05) is 84.9 Å². The van der Waals surface area contributed by atoms with Crippen molar-refractivity contribution in [2.75, 3.05) is 11.1 Å². The summed E-state index contributed by atoms with van der Waals surface area (Å²) in [5, 5.41) is 6.42. The fraction of sp³-hybridized carbons (Fsp3) is 0.0769. The number of nitrogens with two attached hydrogens (primary N) is 1. The molecule has 5 rings (SSSR count). The number of thioether (sulfide) groups is 1. The van der Waals surface area contributed by atoms with Crippen molar-refractivity contribution in [1.82, 2.24) is 0 Å². The molecule has 0 fully saturated rings. The van der Waals surface area contributed by atoms with Gasteiger partial charge in [0.05, 0.1) is 5.75 Å². The lowest BCUT2D eigenvalue weighted by molar-refractivity contribution is -0.117. The topological polar surface area (TPSA) is 85.3 Å². The quantitative estimate of drug-likeness (QED) is 0.358. The Morgan fingerprint density at radius 3 is 2.44 bits per heavy atom. The number of rotatable bonds is 6. The van der Waals surface area contributed by atoms with E-state index in [1.54, 1.807) is 0 Å². The van der Waals surface area contributed by atoms with Crippen LogP contribution in [0.15, 0.2) is 89.3 Å². The summed E-state index contributed by atoms with van der Waals surface area (Å²) >= 11 is 1.22. The van der Waals surface area contributed by atoms with Crippen molar-refractivity contribution in [3.8, 4) is 0 Å². The van der Waals surface area contributed by atoms with Crippen molar-refractivity contribution in [2.45, 2.75) is 5.25 Å². The van der Waals surface area contributed by atoms with Crippen LogP contribution in [0, 0.1) is 0 Å². The Balaban J connectivity index is 1.30. The van der Waals surface area contributed by atoms with E-state index >= 15 is 0 Å². The van der Waals surface area contributed by atoms with Gasteiger partial charge in [-0.1, -0.05) is 54.6 Å². The zero-order valence-corrected chi connectivity index (χ0v) is 17.9. The maximum atomic E-state index is 12.6. The van der Waals surface area contributed by atoms with Crippen LogP contribution in [0.1, 0.15) is 10.8 Å². The number of carbonyl (C=O) groups excluding carboxylic acids is 2. The summed E-state index contributed by atoms with van der Waals surface area (Å²) in [5.74, 6) is -0.585. The van der Waals surface area contributed by atoms with E-state index in [1.165, 1.54) is 11.8 Å². The number of benzene rings is 4. The molecule has 3 N–H and O–H groups in total. The molecule has 0 aliphatic carbocycles. The lowest BCUT2D eigenvalue weighted by Crippen LogP contribution is -2.22. The molecule has 0 aliphatic rings. The van der Waals surface area contributed by atoms with Crippen LogP contribution in [0.4, 0.5) is 5.69 Å². The monoisotopic (exact) mass is 440 g/mol. The highest BCUT2D eigenvalue weighted by Gasteiger charge is 2.20. The van der Waals surface area contributed by atoms with Crippen LogP contribution in [0.2, 0.25) is 0 Å². The maximum Gasteiger partial charge on any atom is 0.235 e. The summed E-state index contributed by atoms with van der Waals surface area (Å²) in [7, 11) is 0. The highest BCUT2D eigenvalue weighted by atomic mass is 32.2. The Morgan fingerprint density at radius 1 is 0.844 bits per heavy atom. The molecule has 4 aromatic carbocycles. The second-order valence-electron chi connectivity index (χ2n) is 7.56. The van der Waals surface area contributed by atoms with Crippen LogP contribution in [-0.4, -0.2) is 17.6 Å². The molecule has 1 unspecified atom stereocenters. The molecule has 0 spiro atoms. The highest BCUT2D eigenvalue weighted by Crippen LogP contribution is 2.32. The van der Waals surface area contributed by atoms with E-state index in [9.17, 15) is 9.59 Å². The standard InChI is InChI=1S/C26H20N2O3S/c27-26(30)25(18-10-9-16-5-1-2-6-17(16)13-18)32-15-24(29)28-19-11-12-21-20-7-3-4-8-22(20)31-23(21)14-19/h1-14,25H,15H2,(H2,27,30)(H,28,29). The molecular formula is C26H20N2O3S. The first-order chi connectivity index (χ1) is 15.6. The number of anilines is 1. The predicted molar refractivity (Wildman–Crippen MR) is 131 cm³/mol. The minimum atomic E-state index is -0.608. The van der Waals surface area contributed by atoms with E-state index < -0.39 is 11.2 Å². The Hall–Kier alpha value is -3.77. The normalized spacial score (nSPS) is 12.2. The summed E-state index contributed by atoms with van der Waals surface area (Å²) in [5.41, 5.74) is 8.60. The number of hydrogen-bond donors (Lipinski definition) is 2. The minimum absolute atomic E-state index is 0.0958. The molecule has 1 aromatic heterocycles. The van der Waals surface area contributed by atoms with Crippen LogP contribution in [0.5, 0.6) is 0 Å². The van der Waals surface area contributed by atoms with Crippen molar-refractivity contribution in [2.24, 2.45) is 5.73 Å². The fourth-order valence-electron chi connectivity index (χ4n) is 3.87. The molecule has 0 saturated carbocycles. The lowest BCUT2D eigenvalue weighted by Gasteiger charge is -2.14. The predicted octanol–water partition coefficient (Wildman–Crippen LogP) is 5.64. The molecule has 5 aromatic rings. The number of amides is 2. The van der Waals surface area contributed by atoms with Gasteiger partial charge >= 0.3 is 0 Å². The number of fused-ring (bicyclic) bond motifs is 4. The van der Waals surface area contributed by atoms with Gasteiger partial charge in [-0.05, 0) is 40.6 Å². The van der Waals surface area contributed by atoms with E-state index in [2.05, 4.69) is 5.32 Å². The van der Waals surface area contributed by atoms with Crippen molar-refractivity contribution in [1.29, 1.82) is 0 Å². The van der Waals surface area contributed by atoms with Crippen molar-refractivity contribution < 1.29 is 14.0 Å². The van der Waals surface area contributed by atoms with E-state index in [4.69, 9.17) is 10.2 Å². The average molecular weight is 441 g/mol. The SMILES string of the molecule is NC(=O)C(SCC(=O)Nc1ccc2c(c1)oc1ccccc12)c1ccc2ccccc2c1. The van der Waals surface area contributed by atoms with Gasteiger partial charge in [-0.2, -0.15) is 0 Å². The molecule has 0 bridgehead atoms. The number of furan rings is 1. The Kier molecular flexibility index (Phi) is 5.29. The van der Waals surface area contributed by atoms with Crippen LogP contribution < -0.4 is 11.1 Å². The van der Waals surface area contributed by atoms with Crippen molar-refractivity contribution >= 4 is 62.0 Å². The van der Waals surface area contributed by atoms with Crippen LogP contribution in [-0.2, 0) is 9.59 Å². The molecule has 32 heavy (non-hydrogen) atoms. The van der Waals surface area contributed by atoms with Crippen LogP contribution in [0.3, 0.4) is 0 Å². The fourth-order valence-corrected chi connectivity index (χ4v) is 4.77. The zero-order chi connectivity index (χ0) is 22.1. The summed E-state index contributed by atoms with van der Waals surface area (Å²) in [4.78, 5) is 24.7. The van der Waals surface area contributed by atoms with Crippen LogP contribution >= 0.6 is 11.8 Å². The van der Waals surface area contributed by atoms with Gasteiger partial charge in [0.2, 0.25) is 11.8 Å². The number of carbonyl (C=O) groups is 2. The van der Waals surface area contributed by atoms with Crippen molar-refractivity contribution in [3.63, 3.8) is 0 Å². The second kappa shape index (κ2) is 8.40. The first-order valence-corrected chi connectivity index (χ1v) is 11.2. The van der Waals surface area contributed by atoms with Gasteiger partial charge in [0, 0.05) is 22.5 Å². The van der Waals surface area contributed by atoms with Crippen LogP contribution in [0.25, 0.3) is 32.7 Å². The molecule has 0 radical (unpaired) electrons. The number of para-hydroxylation sites is 1. The van der Waals surface area contributed by atoms with Crippen molar-refractivity contribution in [3.05, 3.63) is 90.5 Å². The molecule has 1 heterocycles. The largest absolute Gasteiger partial charge is 0.456 e. The summed E-state index contributed by atoms with van der Waals surface area (Å²) in [6.07, 6.45) is 0. The molecule has 158 valence electrons. The molecule has 5 nitrogen and oxygen atoms in total. The Bertz CT molecular complexity index is 1470. The molecular weight excluding hydrogens is 420 g/mol. The average Bonchev–Trinajstić information content (AvgIpc) is 3.16. The van der Waals surface area contributed by atoms with Gasteiger partial charge in [0.1, 0.15) is 16.4 Å². The summed E-state index contributed by atoms with van der Waals surface area (Å²) in [6, 6.07) is 27.1. The Morgan fingerprint density at radius 2 is 1.59 bits per heavy atom. The molecule has 0 aliphatic heterocycles. The molecule has 0 saturated heterocycles. The van der Waals surface area contributed by atoms with Gasteiger partial charge in [-0.25, -0.2) is 0 Å². The van der Waals surface area contributed by atoms with E-state index in [-0.39, 0.29) is 11.7 Å². The highest BCUT2D eigenvalue weighted by molar-refractivity contribution is 8.00. The smallest absolute Gasteiger partial charge is 0.235 e. The summed E-state index contributed by atoms with van der Waals surface area (Å²) < 4.78 is 5.88. The summed E-state index contributed by atoms with van der Waals surface area (Å²) in [6.45, 7) is 0. The lowest BCUT2D eigenvalue weighted by atomic mass is 10.0. The number of primary amides is 1. The molecule has 1 atom stereocenters. The molecule has 2 amide bonds. The number of hydrogen-bond acceptors (Lipinski definition) is 4. The maximum absolute atomic E-state index is 12.6. The third kappa shape index (κ3) is 3.92. The van der Waals surface area contributed by atoms with Gasteiger partial charge in [-0.15, -0.1) is 11.8 Å². The van der Waals surface area contributed by atoms with E-state index in [0.29, 0.717) is 11.3 Å². The molecule has 6 heteroatoms. The van der Waals surface area contributed by atoms with E-state index in [0.717, 1.165) is 32.7 Å². The second-order valence-corrected chi connectivity index (χ2v) is 8.65. The Labute approximate surface area is 188 Å². The third-order valence-electron chi connectivity index (χ3n) is 5.38. The zero-order valence-electron chi connectivity index (χ0n) is 17.1. The van der Waals surface area contributed by atoms with Gasteiger partial charge in [0.15, 0.2) is 0 Å². The van der Waals surface area contributed by atoms with Gasteiger partial charge < -0.3 is 15.5 Å². The van der Waals surface area contributed by atoms with Gasteiger partial charge in [0.25, 0.3) is 0 Å².